The first-order chi connectivity index (χ1) is 8.32. The number of anilines is 1. The van der Waals surface area contributed by atoms with Gasteiger partial charge in [-0.25, -0.2) is 0 Å². The van der Waals surface area contributed by atoms with Gasteiger partial charge in [-0.1, -0.05) is 0 Å². The summed E-state index contributed by atoms with van der Waals surface area (Å²) in [5, 5.41) is 22.0. The highest BCUT2D eigenvalue weighted by molar-refractivity contribution is 9.10. The first kappa shape index (κ1) is 14.4. The summed E-state index contributed by atoms with van der Waals surface area (Å²) in [5.74, 6) is -2.03. The third-order valence-corrected chi connectivity index (χ3v) is 2.79. The Labute approximate surface area is 110 Å². The lowest BCUT2D eigenvalue weighted by Crippen LogP contribution is -2.20. The molecule has 18 heavy (non-hydrogen) atoms. The summed E-state index contributed by atoms with van der Waals surface area (Å²) >= 11 is 3.06. The molecule has 1 rings (SSSR count). The summed E-state index contributed by atoms with van der Waals surface area (Å²) < 4.78 is 13.7. The van der Waals surface area contributed by atoms with E-state index in [0.29, 0.717) is 4.47 Å². The minimum absolute atomic E-state index is 0.0613. The zero-order valence-corrected chi connectivity index (χ0v) is 10.9. The molecule has 0 aliphatic heterocycles. The number of aliphatic carboxylic acids is 1. The highest BCUT2D eigenvalue weighted by Crippen LogP contribution is 2.35. The first-order valence-corrected chi connectivity index (χ1v) is 5.73. The van der Waals surface area contributed by atoms with Gasteiger partial charge in [0.15, 0.2) is 0 Å². The lowest BCUT2D eigenvalue weighted by molar-refractivity contribution is -0.386. The minimum Gasteiger partial charge on any atom is -0.481 e. The van der Waals surface area contributed by atoms with E-state index in [1.54, 1.807) is 0 Å². The molecule has 0 fully saturated rings. The van der Waals surface area contributed by atoms with Gasteiger partial charge in [0.05, 0.1) is 11.3 Å². The van der Waals surface area contributed by atoms with E-state index in [-0.39, 0.29) is 12.1 Å². The normalized spacial score (nSPS) is 11.9. The maximum absolute atomic E-state index is 13.4. The molecule has 0 amide bonds. The fourth-order valence-electron chi connectivity index (χ4n) is 1.42. The molecule has 0 saturated carbocycles. The molecule has 98 valence electrons. The van der Waals surface area contributed by atoms with Crippen LogP contribution in [0, 0.1) is 15.9 Å². The molecule has 1 unspecified atom stereocenters. The zero-order valence-electron chi connectivity index (χ0n) is 9.31. The fourth-order valence-corrected chi connectivity index (χ4v) is 1.85. The van der Waals surface area contributed by atoms with Crippen LogP contribution in [-0.4, -0.2) is 22.0 Å². The number of nitro benzene ring substituents is 1. The lowest BCUT2D eigenvalue weighted by atomic mass is 10.2. The van der Waals surface area contributed by atoms with Crippen LogP contribution in [0.25, 0.3) is 0 Å². The third-order valence-electron chi connectivity index (χ3n) is 2.13. The Hall–Kier alpha value is -1.70. The van der Waals surface area contributed by atoms with E-state index in [4.69, 9.17) is 5.11 Å². The molecule has 1 atom stereocenters. The van der Waals surface area contributed by atoms with E-state index in [1.807, 2.05) is 0 Å². The lowest BCUT2D eigenvalue weighted by Gasteiger charge is -2.14. The molecule has 1 aromatic rings. The van der Waals surface area contributed by atoms with Crippen molar-refractivity contribution in [1.82, 2.24) is 0 Å². The van der Waals surface area contributed by atoms with Crippen LogP contribution in [-0.2, 0) is 4.79 Å². The standard InChI is InChI=1S/C10H10BrFN2O4/c1-5(4-8(15)16)13-9-6(11)2-3-7(12)10(9)14(17)18/h2-3,5,13H,4H2,1H3,(H,15,16). The molecule has 1 aromatic carbocycles. The number of nitro groups is 1. The topological polar surface area (TPSA) is 92.5 Å². The highest BCUT2D eigenvalue weighted by atomic mass is 79.9. The molecule has 2 N–H and O–H groups in total. The number of carboxylic acid groups (broad SMARTS) is 1. The molecule has 0 bridgehead atoms. The van der Waals surface area contributed by atoms with E-state index in [0.717, 1.165) is 6.07 Å². The SMILES string of the molecule is CC(CC(=O)O)Nc1c(Br)ccc(F)c1[N+](=O)[O-]. The molecule has 0 saturated heterocycles. The Balaban J connectivity index is 3.10. The average Bonchev–Trinajstić information content (AvgIpc) is 2.21. The summed E-state index contributed by atoms with van der Waals surface area (Å²) in [6.07, 6.45) is -0.236. The second-order valence-electron chi connectivity index (χ2n) is 3.65. The Morgan fingerprint density at radius 2 is 2.28 bits per heavy atom. The monoisotopic (exact) mass is 320 g/mol. The van der Waals surface area contributed by atoms with Crippen molar-refractivity contribution < 1.29 is 19.2 Å². The van der Waals surface area contributed by atoms with E-state index in [2.05, 4.69) is 21.2 Å². The molecule has 0 spiro atoms. The van der Waals surface area contributed by atoms with Crippen LogP contribution in [0.3, 0.4) is 0 Å². The average molecular weight is 321 g/mol. The quantitative estimate of drug-likeness (QED) is 0.642. The summed E-state index contributed by atoms with van der Waals surface area (Å²) in [5.41, 5.74) is -0.768. The highest BCUT2D eigenvalue weighted by Gasteiger charge is 2.24. The minimum atomic E-state index is -1.05. The van der Waals surface area contributed by atoms with Crippen molar-refractivity contribution >= 4 is 33.3 Å². The van der Waals surface area contributed by atoms with Crippen LogP contribution in [0.4, 0.5) is 15.8 Å². The summed E-state index contributed by atoms with van der Waals surface area (Å²) in [6.45, 7) is 1.54. The van der Waals surface area contributed by atoms with Crippen molar-refractivity contribution in [2.24, 2.45) is 0 Å². The van der Waals surface area contributed by atoms with Gasteiger partial charge in [-0.2, -0.15) is 4.39 Å². The van der Waals surface area contributed by atoms with Gasteiger partial charge in [0.1, 0.15) is 5.69 Å². The van der Waals surface area contributed by atoms with Gasteiger partial charge >= 0.3 is 11.7 Å². The second-order valence-corrected chi connectivity index (χ2v) is 4.51. The van der Waals surface area contributed by atoms with Crippen molar-refractivity contribution in [1.29, 1.82) is 0 Å². The van der Waals surface area contributed by atoms with Crippen molar-refractivity contribution in [3.8, 4) is 0 Å². The second kappa shape index (κ2) is 5.76. The molecule has 0 aliphatic rings. The van der Waals surface area contributed by atoms with Gasteiger partial charge in [0, 0.05) is 10.5 Å². The van der Waals surface area contributed by atoms with Crippen LogP contribution >= 0.6 is 15.9 Å². The van der Waals surface area contributed by atoms with Gasteiger partial charge < -0.3 is 10.4 Å². The maximum atomic E-state index is 13.4. The molecular weight excluding hydrogens is 311 g/mol. The molecule has 8 heteroatoms. The molecule has 0 aliphatic carbocycles. The molecule has 0 heterocycles. The number of carbonyl (C=O) groups is 1. The van der Waals surface area contributed by atoms with E-state index in [9.17, 15) is 19.3 Å². The van der Waals surface area contributed by atoms with Crippen LogP contribution in [0.2, 0.25) is 0 Å². The van der Waals surface area contributed by atoms with Crippen molar-refractivity contribution in [2.45, 2.75) is 19.4 Å². The summed E-state index contributed by atoms with van der Waals surface area (Å²) in [6, 6.07) is 1.72. The van der Waals surface area contributed by atoms with Gasteiger partial charge in [0.25, 0.3) is 0 Å². The van der Waals surface area contributed by atoms with Gasteiger partial charge in [-0.3, -0.25) is 14.9 Å². The van der Waals surface area contributed by atoms with Gasteiger partial charge in [0.2, 0.25) is 5.82 Å². The smallest absolute Gasteiger partial charge is 0.328 e. The largest absolute Gasteiger partial charge is 0.481 e. The van der Waals surface area contributed by atoms with Crippen LogP contribution in [0.15, 0.2) is 16.6 Å². The number of hydrogen-bond donors (Lipinski definition) is 2. The Morgan fingerprint density at radius 3 is 2.78 bits per heavy atom. The predicted octanol–water partition coefficient (Wildman–Crippen LogP) is 2.77. The number of halogens is 2. The molecule has 0 aromatic heterocycles. The number of nitrogens with one attached hydrogen (secondary N) is 1. The summed E-state index contributed by atoms with van der Waals surface area (Å²) in [4.78, 5) is 20.4. The number of rotatable bonds is 5. The Morgan fingerprint density at radius 1 is 1.67 bits per heavy atom. The summed E-state index contributed by atoms with van der Waals surface area (Å²) in [7, 11) is 0. The van der Waals surface area contributed by atoms with Crippen LogP contribution in [0.5, 0.6) is 0 Å². The van der Waals surface area contributed by atoms with E-state index >= 15 is 0 Å². The number of carboxylic acids is 1. The van der Waals surface area contributed by atoms with Crippen molar-refractivity contribution in [3.05, 3.63) is 32.5 Å². The van der Waals surface area contributed by atoms with Crippen LogP contribution < -0.4 is 5.32 Å². The van der Waals surface area contributed by atoms with E-state index < -0.39 is 28.4 Å². The number of hydrogen-bond acceptors (Lipinski definition) is 4. The van der Waals surface area contributed by atoms with Gasteiger partial charge in [-0.15, -0.1) is 0 Å². The molecule has 0 radical (unpaired) electrons. The molecule has 6 nitrogen and oxygen atoms in total. The third kappa shape index (κ3) is 3.39. The molecular formula is C10H10BrFN2O4. The predicted molar refractivity (Wildman–Crippen MR) is 66.1 cm³/mol. The zero-order chi connectivity index (χ0) is 13.9. The first-order valence-electron chi connectivity index (χ1n) is 4.93. The Bertz CT molecular complexity index is 495. The van der Waals surface area contributed by atoms with Crippen molar-refractivity contribution in [2.75, 3.05) is 5.32 Å². The number of benzene rings is 1. The van der Waals surface area contributed by atoms with Gasteiger partial charge in [-0.05, 0) is 35.0 Å². The van der Waals surface area contributed by atoms with Crippen molar-refractivity contribution in [3.63, 3.8) is 0 Å². The maximum Gasteiger partial charge on any atom is 0.328 e. The fraction of sp³-hybridized carbons (Fsp3) is 0.300. The Kier molecular flexibility index (Phi) is 4.60. The van der Waals surface area contributed by atoms with E-state index in [1.165, 1.54) is 13.0 Å². The van der Waals surface area contributed by atoms with Crippen LogP contribution in [0.1, 0.15) is 13.3 Å². The number of nitrogens with zero attached hydrogens (tertiary/aromatic N) is 1.